The highest BCUT2D eigenvalue weighted by atomic mass is 32.2. The summed E-state index contributed by atoms with van der Waals surface area (Å²) in [7, 11) is -3.40. The molecule has 0 aliphatic heterocycles. The molecule has 0 spiro atoms. The minimum Gasteiger partial charge on any atom is -0.481 e. The highest BCUT2D eigenvalue weighted by molar-refractivity contribution is 7.89. The van der Waals surface area contributed by atoms with Gasteiger partial charge in [-0.05, 0) is 25.2 Å². The van der Waals surface area contributed by atoms with E-state index in [9.17, 15) is 18.3 Å². The second kappa shape index (κ2) is 9.47. The number of carboxylic acids is 1. The normalized spacial score (nSPS) is 25.5. The molecular formula is C15H29NO5S. The Labute approximate surface area is 133 Å². The Morgan fingerprint density at radius 1 is 1.14 bits per heavy atom. The topological polar surface area (TPSA) is 104 Å². The molecule has 0 unspecified atom stereocenters. The van der Waals surface area contributed by atoms with Gasteiger partial charge in [0, 0.05) is 6.04 Å². The van der Waals surface area contributed by atoms with E-state index in [-0.39, 0.29) is 18.1 Å². The fourth-order valence-corrected chi connectivity index (χ4v) is 4.42. The zero-order valence-corrected chi connectivity index (χ0v) is 14.1. The monoisotopic (exact) mass is 335 g/mol. The maximum atomic E-state index is 12.0. The fraction of sp³-hybridized carbons (Fsp3) is 0.933. The molecule has 22 heavy (non-hydrogen) atoms. The predicted molar refractivity (Wildman–Crippen MR) is 85.1 cm³/mol. The van der Waals surface area contributed by atoms with E-state index in [0.717, 1.165) is 25.7 Å². The number of aliphatic hydroxyl groups is 1. The van der Waals surface area contributed by atoms with Crippen LogP contribution < -0.4 is 4.72 Å². The van der Waals surface area contributed by atoms with Gasteiger partial charge in [0.15, 0.2) is 0 Å². The van der Waals surface area contributed by atoms with Crippen molar-refractivity contribution < 1.29 is 23.4 Å². The molecule has 130 valence electrons. The molecule has 0 aromatic carbocycles. The van der Waals surface area contributed by atoms with Crippen molar-refractivity contribution in [1.29, 1.82) is 0 Å². The highest BCUT2D eigenvalue weighted by Crippen LogP contribution is 2.29. The van der Waals surface area contributed by atoms with Crippen LogP contribution in [0.15, 0.2) is 0 Å². The molecule has 1 rings (SSSR count). The maximum Gasteiger partial charge on any atom is 0.303 e. The summed E-state index contributed by atoms with van der Waals surface area (Å²) in [5.74, 6) is -1.25. The van der Waals surface area contributed by atoms with Gasteiger partial charge in [0.2, 0.25) is 10.0 Å². The van der Waals surface area contributed by atoms with Crippen molar-refractivity contribution in [2.75, 3.05) is 5.75 Å². The number of carboxylic acid groups (broad SMARTS) is 1. The van der Waals surface area contributed by atoms with Crippen LogP contribution in [0.2, 0.25) is 0 Å². The number of aliphatic hydroxyl groups excluding tert-OH is 1. The van der Waals surface area contributed by atoms with E-state index < -0.39 is 28.1 Å². The van der Waals surface area contributed by atoms with Crippen LogP contribution in [0, 0.1) is 5.92 Å². The number of unbranched alkanes of at least 4 members (excludes halogenated alkanes) is 5. The number of aliphatic carboxylic acids is 1. The third kappa shape index (κ3) is 7.07. The zero-order chi connectivity index (χ0) is 16.6. The second-order valence-electron chi connectivity index (χ2n) is 6.24. The van der Waals surface area contributed by atoms with Crippen LogP contribution in [0.1, 0.15) is 64.7 Å². The van der Waals surface area contributed by atoms with Gasteiger partial charge in [-0.25, -0.2) is 13.1 Å². The average Bonchev–Trinajstić information content (AvgIpc) is 2.74. The number of rotatable bonds is 11. The van der Waals surface area contributed by atoms with Crippen molar-refractivity contribution in [3.05, 3.63) is 0 Å². The molecule has 0 radical (unpaired) electrons. The van der Waals surface area contributed by atoms with Crippen LogP contribution in [0.4, 0.5) is 0 Å². The standard InChI is InChI=1S/C15H29NO5S/c1-2-3-4-5-6-7-10-22(20,21)16-13-9-8-12(15(13)19)11-14(17)18/h12-13,15-16,19H,2-11H2,1H3,(H,17,18)/t12-,13+,15+/m1/s1. The van der Waals surface area contributed by atoms with Crippen molar-refractivity contribution in [3.63, 3.8) is 0 Å². The summed E-state index contributed by atoms with van der Waals surface area (Å²) >= 11 is 0. The summed E-state index contributed by atoms with van der Waals surface area (Å²) in [6.45, 7) is 2.14. The van der Waals surface area contributed by atoms with Crippen LogP contribution in [0.25, 0.3) is 0 Å². The molecule has 0 saturated heterocycles. The summed E-state index contributed by atoms with van der Waals surface area (Å²) in [5.41, 5.74) is 0. The van der Waals surface area contributed by atoms with E-state index in [4.69, 9.17) is 5.11 Å². The Kier molecular flexibility index (Phi) is 8.35. The molecule has 1 fully saturated rings. The first-order valence-electron chi connectivity index (χ1n) is 8.25. The summed E-state index contributed by atoms with van der Waals surface area (Å²) in [4.78, 5) is 10.7. The van der Waals surface area contributed by atoms with Gasteiger partial charge in [0.25, 0.3) is 0 Å². The SMILES string of the molecule is CCCCCCCCS(=O)(=O)N[C@H]1CC[C@H](CC(=O)O)[C@@H]1O. The highest BCUT2D eigenvalue weighted by Gasteiger charge is 2.37. The lowest BCUT2D eigenvalue weighted by atomic mass is 10.0. The Morgan fingerprint density at radius 2 is 1.77 bits per heavy atom. The molecule has 7 heteroatoms. The van der Waals surface area contributed by atoms with Gasteiger partial charge < -0.3 is 10.2 Å². The molecule has 3 N–H and O–H groups in total. The van der Waals surface area contributed by atoms with Crippen LogP contribution in [-0.2, 0) is 14.8 Å². The van der Waals surface area contributed by atoms with E-state index in [2.05, 4.69) is 11.6 Å². The van der Waals surface area contributed by atoms with E-state index >= 15 is 0 Å². The fourth-order valence-electron chi connectivity index (χ4n) is 3.00. The van der Waals surface area contributed by atoms with Gasteiger partial charge in [0.05, 0.1) is 18.3 Å². The van der Waals surface area contributed by atoms with Crippen molar-refractivity contribution >= 4 is 16.0 Å². The molecule has 0 aromatic heterocycles. The molecule has 0 amide bonds. The van der Waals surface area contributed by atoms with Gasteiger partial charge in [-0.1, -0.05) is 39.0 Å². The quantitative estimate of drug-likeness (QED) is 0.500. The molecular weight excluding hydrogens is 306 g/mol. The summed E-state index contributed by atoms with van der Waals surface area (Å²) in [6.07, 6.45) is 6.08. The molecule has 3 atom stereocenters. The Morgan fingerprint density at radius 3 is 2.41 bits per heavy atom. The van der Waals surface area contributed by atoms with E-state index in [1.54, 1.807) is 0 Å². The Bertz CT molecular complexity index is 437. The van der Waals surface area contributed by atoms with Crippen molar-refractivity contribution in [1.82, 2.24) is 4.72 Å². The largest absolute Gasteiger partial charge is 0.481 e. The first-order valence-corrected chi connectivity index (χ1v) is 9.91. The van der Waals surface area contributed by atoms with Gasteiger partial charge in [0.1, 0.15) is 0 Å². The summed E-state index contributed by atoms with van der Waals surface area (Å²) in [6, 6.07) is -0.547. The zero-order valence-electron chi connectivity index (χ0n) is 13.3. The van der Waals surface area contributed by atoms with Crippen molar-refractivity contribution in [2.24, 2.45) is 5.92 Å². The van der Waals surface area contributed by atoms with Crippen LogP contribution >= 0.6 is 0 Å². The first kappa shape index (κ1) is 19.4. The summed E-state index contributed by atoms with van der Waals surface area (Å²) < 4.78 is 26.6. The molecule has 0 bridgehead atoms. The van der Waals surface area contributed by atoms with Gasteiger partial charge >= 0.3 is 5.97 Å². The number of hydrogen-bond donors (Lipinski definition) is 3. The van der Waals surface area contributed by atoms with E-state index in [1.165, 1.54) is 6.42 Å². The number of nitrogens with one attached hydrogen (secondary N) is 1. The van der Waals surface area contributed by atoms with Gasteiger partial charge in [-0.15, -0.1) is 0 Å². The smallest absolute Gasteiger partial charge is 0.303 e. The van der Waals surface area contributed by atoms with Crippen LogP contribution in [0.3, 0.4) is 0 Å². The van der Waals surface area contributed by atoms with Crippen molar-refractivity contribution in [3.8, 4) is 0 Å². The molecule has 6 nitrogen and oxygen atoms in total. The van der Waals surface area contributed by atoms with Gasteiger partial charge in [-0.3, -0.25) is 4.79 Å². The number of carbonyl (C=O) groups is 1. The Hall–Kier alpha value is -0.660. The predicted octanol–water partition coefficient (Wildman–Crippen LogP) is 1.88. The minimum atomic E-state index is -3.40. The lowest BCUT2D eigenvalue weighted by molar-refractivity contribution is -0.138. The Balaban J connectivity index is 2.31. The lowest BCUT2D eigenvalue weighted by Crippen LogP contribution is -2.42. The molecule has 0 aromatic rings. The van der Waals surface area contributed by atoms with E-state index in [0.29, 0.717) is 19.3 Å². The molecule has 1 saturated carbocycles. The van der Waals surface area contributed by atoms with Crippen LogP contribution in [-0.4, -0.2) is 42.5 Å². The summed E-state index contributed by atoms with van der Waals surface area (Å²) in [5, 5.41) is 18.8. The maximum absolute atomic E-state index is 12.0. The number of sulfonamides is 1. The average molecular weight is 335 g/mol. The van der Waals surface area contributed by atoms with Crippen LogP contribution in [0.5, 0.6) is 0 Å². The first-order chi connectivity index (χ1) is 10.4. The molecule has 1 aliphatic carbocycles. The third-order valence-corrected chi connectivity index (χ3v) is 5.77. The second-order valence-corrected chi connectivity index (χ2v) is 8.11. The number of hydrogen-bond acceptors (Lipinski definition) is 4. The lowest BCUT2D eigenvalue weighted by Gasteiger charge is -2.19. The van der Waals surface area contributed by atoms with Crippen molar-refractivity contribution in [2.45, 2.75) is 76.9 Å². The molecule has 1 aliphatic rings. The minimum absolute atomic E-state index is 0.0753. The molecule has 0 heterocycles. The van der Waals surface area contributed by atoms with E-state index in [1.807, 2.05) is 0 Å². The van der Waals surface area contributed by atoms with Gasteiger partial charge in [-0.2, -0.15) is 0 Å². The third-order valence-electron chi connectivity index (χ3n) is 4.28.